The van der Waals surface area contributed by atoms with Gasteiger partial charge in [-0.2, -0.15) is 0 Å². The lowest BCUT2D eigenvalue weighted by Crippen LogP contribution is -2.21. The van der Waals surface area contributed by atoms with Crippen LogP contribution in [0, 0.1) is 6.92 Å². The molecule has 0 atom stereocenters. The number of thiophene rings is 1. The molecule has 102 valence electrons. The van der Waals surface area contributed by atoms with Crippen LogP contribution in [0.1, 0.15) is 40.9 Å². The lowest BCUT2D eigenvalue weighted by molar-refractivity contribution is -0.0377. The summed E-state index contributed by atoms with van der Waals surface area (Å²) in [4.78, 5) is 12.2. The van der Waals surface area contributed by atoms with E-state index in [9.17, 15) is 4.79 Å². The maximum atomic E-state index is 10.8. The molecule has 1 rings (SSSR count). The molecular formula is C13H20O4S. The number of hydrogen-bond acceptors (Lipinski definition) is 4. The first-order valence-electron chi connectivity index (χ1n) is 5.84. The third-order valence-electron chi connectivity index (χ3n) is 2.25. The van der Waals surface area contributed by atoms with Crippen LogP contribution in [0.5, 0.6) is 0 Å². The summed E-state index contributed by atoms with van der Waals surface area (Å²) in [7, 11) is 0. The number of rotatable bonds is 6. The van der Waals surface area contributed by atoms with Crippen molar-refractivity contribution in [1.29, 1.82) is 0 Å². The van der Waals surface area contributed by atoms with Crippen LogP contribution in [0.2, 0.25) is 0 Å². The molecule has 18 heavy (non-hydrogen) atoms. The predicted octanol–water partition coefficient (Wildman–Crippen LogP) is 3.09. The number of hydrogen-bond donors (Lipinski definition) is 1. The average Bonchev–Trinajstić information content (AvgIpc) is 2.58. The van der Waals surface area contributed by atoms with Crippen LogP contribution >= 0.6 is 11.3 Å². The quantitative estimate of drug-likeness (QED) is 0.808. The van der Waals surface area contributed by atoms with Crippen molar-refractivity contribution in [2.45, 2.75) is 39.9 Å². The van der Waals surface area contributed by atoms with Gasteiger partial charge in [-0.1, -0.05) is 0 Å². The summed E-state index contributed by atoms with van der Waals surface area (Å²) in [5.41, 5.74) is 0.783. The van der Waals surface area contributed by atoms with Crippen molar-refractivity contribution in [2.75, 3.05) is 13.2 Å². The van der Waals surface area contributed by atoms with Gasteiger partial charge in [-0.15, -0.1) is 11.3 Å². The van der Waals surface area contributed by atoms with Crippen LogP contribution < -0.4 is 0 Å². The van der Waals surface area contributed by atoms with E-state index in [-0.39, 0.29) is 5.60 Å². The van der Waals surface area contributed by atoms with Crippen LogP contribution in [-0.2, 0) is 16.1 Å². The Morgan fingerprint density at radius 2 is 2.06 bits per heavy atom. The van der Waals surface area contributed by atoms with E-state index < -0.39 is 5.97 Å². The Morgan fingerprint density at radius 1 is 1.39 bits per heavy atom. The van der Waals surface area contributed by atoms with E-state index in [0.717, 1.165) is 10.4 Å². The molecule has 0 radical (unpaired) electrons. The van der Waals surface area contributed by atoms with E-state index in [1.54, 1.807) is 6.07 Å². The summed E-state index contributed by atoms with van der Waals surface area (Å²) in [6.45, 7) is 9.37. The van der Waals surface area contributed by atoms with Crippen molar-refractivity contribution in [2.24, 2.45) is 0 Å². The second-order valence-electron chi connectivity index (χ2n) is 5.01. The minimum absolute atomic E-state index is 0.155. The lowest BCUT2D eigenvalue weighted by atomic mass is 10.2. The fourth-order valence-electron chi connectivity index (χ4n) is 1.36. The summed E-state index contributed by atoms with van der Waals surface area (Å²) in [6.07, 6.45) is 0. The lowest BCUT2D eigenvalue weighted by Gasteiger charge is -2.19. The normalized spacial score (nSPS) is 11.8. The van der Waals surface area contributed by atoms with Crippen LogP contribution in [-0.4, -0.2) is 29.9 Å². The second-order valence-corrected chi connectivity index (χ2v) is 6.27. The number of ether oxygens (including phenoxy) is 2. The van der Waals surface area contributed by atoms with E-state index in [2.05, 4.69) is 0 Å². The Kier molecular flexibility index (Phi) is 5.31. The molecule has 0 unspecified atom stereocenters. The highest BCUT2D eigenvalue weighted by Crippen LogP contribution is 2.22. The Hall–Kier alpha value is -0.910. The molecule has 1 aromatic heterocycles. The van der Waals surface area contributed by atoms with E-state index in [1.807, 2.05) is 27.7 Å². The molecule has 0 fully saturated rings. The zero-order valence-electron chi connectivity index (χ0n) is 11.3. The topological polar surface area (TPSA) is 55.8 Å². The van der Waals surface area contributed by atoms with Gasteiger partial charge in [0.25, 0.3) is 0 Å². The van der Waals surface area contributed by atoms with Gasteiger partial charge in [0.15, 0.2) is 0 Å². The Bertz CT molecular complexity index is 404. The standard InChI is InChI=1S/C13H20O4S/c1-9-10(7-11(18-9)12(14)15)8-16-5-6-17-13(2,3)4/h7H,5-6,8H2,1-4H3,(H,14,15). The molecule has 5 heteroatoms. The van der Waals surface area contributed by atoms with Gasteiger partial charge in [0.2, 0.25) is 0 Å². The summed E-state index contributed by atoms with van der Waals surface area (Å²) in [6, 6.07) is 1.67. The zero-order valence-corrected chi connectivity index (χ0v) is 12.1. The number of aryl methyl sites for hydroxylation is 1. The van der Waals surface area contributed by atoms with Gasteiger partial charge in [0.1, 0.15) is 4.88 Å². The molecule has 1 N–H and O–H groups in total. The molecule has 1 heterocycles. The van der Waals surface area contributed by atoms with E-state index in [1.165, 1.54) is 11.3 Å². The molecule has 0 saturated carbocycles. The van der Waals surface area contributed by atoms with Crippen LogP contribution in [0.4, 0.5) is 0 Å². The molecule has 0 bridgehead atoms. The van der Waals surface area contributed by atoms with Crippen molar-refractivity contribution in [3.8, 4) is 0 Å². The van der Waals surface area contributed by atoms with Gasteiger partial charge < -0.3 is 14.6 Å². The fraction of sp³-hybridized carbons (Fsp3) is 0.615. The van der Waals surface area contributed by atoms with Crippen molar-refractivity contribution in [3.05, 3.63) is 21.4 Å². The smallest absolute Gasteiger partial charge is 0.345 e. The molecule has 1 aromatic rings. The maximum absolute atomic E-state index is 10.8. The molecule has 0 spiro atoms. The predicted molar refractivity (Wildman–Crippen MR) is 71.4 cm³/mol. The van der Waals surface area contributed by atoms with Gasteiger partial charge in [-0.25, -0.2) is 4.79 Å². The molecule has 0 saturated heterocycles. The third kappa shape index (κ3) is 5.16. The second kappa shape index (κ2) is 6.31. The summed E-state index contributed by atoms with van der Waals surface area (Å²) in [5.74, 6) is -0.884. The van der Waals surface area contributed by atoms with E-state index >= 15 is 0 Å². The van der Waals surface area contributed by atoms with Crippen molar-refractivity contribution < 1.29 is 19.4 Å². The third-order valence-corrected chi connectivity index (χ3v) is 3.33. The Balaban J connectivity index is 2.33. The first-order valence-corrected chi connectivity index (χ1v) is 6.65. The van der Waals surface area contributed by atoms with Gasteiger partial charge in [-0.3, -0.25) is 0 Å². The van der Waals surface area contributed by atoms with Crippen molar-refractivity contribution >= 4 is 17.3 Å². The molecule has 0 aromatic carbocycles. The molecule has 0 aliphatic carbocycles. The minimum atomic E-state index is -0.884. The summed E-state index contributed by atoms with van der Waals surface area (Å²) >= 11 is 1.28. The highest BCUT2D eigenvalue weighted by atomic mass is 32.1. The Labute approximate surface area is 112 Å². The highest BCUT2D eigenvalue weighted by molar-refractivity contribution is 7.14. The molecular weight excluding hydrogens is 252 g/mol. The number of carboxylic acid groups (broad SMARTS) is 1. The molecule has 4 nitrogen and oxygen atoms in total. The summed E-state index contributed by atoms with van der Waals surface area (Å²) < 4.78 is 11.0. The molecule has 0 amide bonds. The highest BCUT2D eigenvalue weighted by Gasteiger charge is 2.12. The van der Waals surface area contributed by atoms with E-state index in [4.69, 9.17) is 14.6 Å². The average molecular weight is 272 g/mol. The van der Waals surface area contributed by atoms with Gasteiger partial charge in [-0.05, 0) is 39.3 Å². The van der Waals surface area contributed by atoms with Gasteiger partial charge in [0, 0.05) is 4.88 Å². The van der Waals surface area contributed by atoms with E-state index in [0.29, 0.717) is 24.7 Å². The fourth-order valence-corrected chi connectivity index (χ4v) is 2.22. The van der Waals surface area contributed by atoms with Gasteiger partial charge in [0.05, 0.1) is 25.4 Å². The number of carboxylic acids is 1. The molecule has 0 aliphatic heterocycles. The maximum Gasteiger partial charge on any atom is 0.345 e. The first-order chi connectivity index (χ1) is 8.29. The first kappa shape index (κ1) is 15.1. The van der Waals surface area contributed by atoms with Crippen molar-refractivity contribution in [3.63, 3.8) is 0 Å². The van der Waals surface area contributed by atoms with Crippen LogP contribution in [0.25, 0.3) is 0 Å². The number of aromatic carboxylic acids is 1. The van der Waals surface area contributed by atoms with Crippen molar-refractivity contribution in [1.82, 2.24) is 0 Å². The largest absolute Gasteiger partial charge is 0.477 e. The SMILES string of the molecule is Cc1sc(C(=O)O)cc1COCCOC(C)(C)C. The van der Waals surface area contributed by atoms with Crippen LogP contribution in [0.3, 0.4) is 0 Å². The summed E-state index contributed by atoms with van der Waals surface area (Å²) in [5, 5.41) is 8.87. The Morgan fingerprint density at radius 3 is 2.56 bits per heavy atom. The molecule has 0 aliphatic rings. The monoisotopic (exact) mass is 272 g/mol. The van der Waals surface area contributed by atoms with Crippen LogP contribution in [0.15, 0.2) is 6.07 Å². The zero-order chi connectivity index (χ0) is 13.8. The number of carbonyl (C=O) groups is 1. The minimum Gasteiger partial charge on any atom is -0.477 e. The van der Waals surface area contributed by atoms with Gasteiger partial charge >= 0.3 is 5.97 Å².